The molecule has 86 valence electrons. The average molecular weight is 229 g/mol. The molecule has 0 aromatic carbocycles. The first-order valence-corrected chi connectivity index (χ1v) is 5.88. The molecule has 1 rings (SSSR count). The number of nitrogens with zero attached hydrogens (tertiary/aromatic N) is 2. The van der Waals surface area contributed by atoms with Crippen LogP contribution in [-0.4, -0.2) is 47.0 Å². The molecule has 5 heteroatoms. The van der Waals surface area contributed by atoms with Crippen molar-refractivity contribution in [3.05, 3.63) is 0 Å². The van der Waals surface area contributed by atoms with E-state index in [1.807, 2.05) is 11.8 Å². The average Bonchev–Trinajstić information content (AvgIpc) is 2.26. The molecule has 0 atom stereocenters. The molecule has 1 saturated heterocycles. The zero-order valence-corrected chi connectivity index (χ0v) is 10.1. The maximum atomic E-state index is 12.0. The van der Waals surface area contributed by atoms with Gasteiger partial charge >= 0.3 is 6.03 Å². The second-order valence-electron chi connectivity index (χ2n) is 3.81. The first-order chi connectivity index (χ1) is 7.15. The Labute approximate surface area is 96.4 Å². The number of carbonyl (C=O) groups excluding carboxylic acids is 1. The lowest BCUT2D eigenvalue weighted by Gasteiger charge is -2.32. The van der Waals surface area contributed by atoms with Gasteiger partial charge in [-0.1, -0.05) is 12.2 Å². The zero-order chi connectivity index (χ0) is 11.3. The van der Waals surface area contributed by atoms with Gasteiger partial charge in [0.25, 0.3) is 0 Å². The van der Waals surface area contributed by atoms with Gasteiger partial charge in [0.1, 0.15) is 0 Å². The van der Waals surface area contributed by atoms with Crippen LogP contribution >= 0.6 is 12.2 Å². The molecule has 1 fully saturated rings. The molecular weight excluding hydrogens is 210 g/mol. The quantitative estimate of drug-likeness (QED) is 0.740. The van der Waals surface area contributed by atoms with Crippen molar-refractivity contribution in [1.29, 1.82) is 0 Å². The molecule has 0 aromatic rings. The molecular formula is C10H19N3OS. The molecule has 0 radical (unpaired) electrons. The van der Waals surface area contributed by atoms with Gasteiger partial charge in [-0.2, -0.15) is 0 Å². The predicted molar refractivity (Wildman–Crippen MR) is 64.9 cm³/mol. The fraction of sp³-hybridized carbons (Fsp3) is 0.800. The highest BCUT2D eigenvalue weighted by Crippen LogP contribution is 2.10. The van der Waals surface area contributed by atoms with Crippen LogP contribution < -0.4 is 5.73 Å². The van der Waals surface area contributed by atoms with Crippen molar-refractivity contribution in [3.8, 4) is 0 Å². The Morgan fingerprint density at radius 2 is 2.00 bits per heavy atom. The number of nitrogens with two attached hydrogens (primary N) is 1. The van der Waals surface area contributed by atoms with Gasteiger partial charge in [-0.15, -0.1) is 0 Å². The van der Waals surface area contributed by atoms with Gasteiger partial charge in [0, 0.05) is 19.6 Å². The van der Waals surface area contributed by atoms with Gasteiger partial charge in [0.15, 0.2) is 0 Å². The zero-order valence-electron chi connectivity index (χ0n) is 9.24. The van der Waals surface area contributed by atoms with E-state index >= 15 is 0 Å². The molecule has 0 bridgehead atoms. The molecule has 0 spiro atoms. The molecule has 1 aliphatic heterocycles. The SMILES string of the molecule is CCN(CC(N)=S)C(=O)N1CCCCC1. The van der Waals surface area contributed by atoms with Crippen molar-refractivity contribution in [3.63, 3.8) is 0 Å². The van der Waals surface area contributed by atoms with Gasteiger partial charge < -0.3 is 15.5 Å². The molecule has 15 heavy (non-hydrogen) atoms. The van der Waals surface area contributed by atoms with Crippen molar-refractivity contribution < 1.29 is 4.79 Å². The van der Waals surface area contributed by atoms with Crippen LogP contribution in [0.2, 0.25) is 0 Å². The largest absolute Gasteiger partial charge is 0.392 e. The summed E-state index contributed by atoms with van der Waals surface area (Å²) in [6.45, 7) is 4.73. The Morgan fingerprint density at radius 1 is 1.40 bits per heavy atom. The number of thiocarbonyl (C=S) groups is 1. The summed E-state index contributed by atoms with van der Waals surface area (Å²) in [4.78, 5) is 16.0. The smallest absolute Gasteiger partial charge is 0.320 e. The summed E-state index contributed by atoms with van der Waals surface area (Å²) in [5.74, 6) is 0. The number of likely N-dealkylation sites (N-methyl/N-ethyl adjacent to an activating group) is 1. The fourth-order valence-corrected chi connectivity index (χ4v) is 1.94. The van der Waals surface area contributed by atoms with Crippen LogP contribution in [0.3, 0.4) is 0 Å². The number of piperidine rings is 1. The van der Waals surface area contributed by atoms with Gasteiger partial charge in [-0.05, 0) is 26.2 Å². The van der Waals surface area contributed by atoms with E-state index in [1.165, 1.54) is 6.42 Å². The van der Waals surface area contributed by atoms with E-state index in [0.29, 0.717) is 18.1 Å². The van der Waals surface area contributed by atoms with E-state index < -0.39 is 0 Å². The minimum Gasteiger partial charge on any atom is -0.392 e. The van der Waals surface area contributed by atoms with E-state index in [1.54, 1.807) is 4.90 Å². The first kappa shape index (κ1) is 12.2. The minimum absolute atomic E-state index is 0.0741. The van der Waals surface area contributed by atoms with Gasteiger partial charge in [-0.25, -0.2) is 4.79 Å². The Morgan fingerprint density at radius 3 is 2.47 bits per heavy atom. The lowest BCUT2D eigenvalue weighted by atomic mass is 10.1. The molecule has 0 aromatic heterocycles. The normalized spacial score (nSPS) is 16.2. The monoisotopic (exact) mass is 229 g/mol. The highest BCUT2D eigenvalue weighted by Gasteiger charge is 2.21. The maximum Gasteiger partial charge on any atom is 0.320 e. The van der Waals surface area contributed by atoms with Crippen molar-refractivity contribution in [2.24, 2.45) is 5.73 Å². The minimum atomic E-state index is 0.0741. The lowest BCUT2D eigenvalue weighted by molar-refractivity contribution is 0.151. The Kier molecular flexibility index (Phi) is 4.81. The lowest BCUT2D eigenvalue weighted by Crippen LogP contribution is -2.47. The summed E-state index contributed by atoms with van der Waals surface area (Å²) in [5.41, 5.74) is 5.46. The van der Waals surface area contributed by atoms with Crippen LogP contribution in [0.25, 0.3) is 0 Å². The highest BCUT2D eigenvalue weighted by atomic mass is 32.1. The van der Waals surface area contributed by atoms with Crippen LogP contribution in [0.4, 0.5) is 4.79 Å². The van der Waals surface area contributed by atoms with Crippen molar-refractivity contribution in [1.82, 2.24) is 9.80 Å². The first-order valence-electron chi connectivity index (χ1n) is 5.47. The number of rotatable bonds is 3. The van der Waals surface area contributed by atoms with E-state index in [2.05, 4.69) is 0 Å². The number of hydrogen-bond donors (Lipinski definition) is 1. The van der Waals surface area contributed by atoms with Crippen LogP contribution in [0, 0.1) is 0 Å². The Bertz CT molecular complexity index is 239. The van der Waals surface area contributed by atoms with Crippen molar-refractivity contribution in [2.45, 2.75) is 26.2 Å². The van der Waals surface area contributed by atoms with Crippen molar-refractivity contribution >= 4 is 23.2 Å². The Hall–Kier alpha value is -0.840. The summed E-state index contributed by atoms with van der Waals surface area (Å²) in [6.07, 6.45) is 3.44. The molecule has 2 amide bonds. The number of amides is 2. The van der Waals surface area contributed by atoms with Gasteiger partial charge in [0.05, 0.1) is 11.5 Å². The summed E-state index contributed by atoms with van der Waals surface area (Å²) in [5, 5.41) is 0. The molecule has 1 aliphatic rings. The molecule has 0 aliphatic carbocycles. The summed E-state index contributed by atoms with van der Waals surface area (Å²) in [6, 6.07) is 0.0741. The standard InChI is InChI=1S/C10H19N3OS/c1-2-12(8-9(11)15)10(14)13-6-4-3-5-7-13/h2-8H2,1H3,(H2,11,15). The van der Waals surface area contributed by atoms with Crippen LogP contribution in [0.1, 0.15) is 26.2 Å². The summed E-state index contributed by atoms with van der Waals surface area (Å²) < 4.78 is 0. The van der Waals surface area contributed by atoms with E-state index in [0.717, 1.165) is 25.9 Å². The Balaban J connectivity index is 2.50. The van der Waals surface area contributed by atoms with Gasteiger partial charge in [0.2, 0.25) is 0 Å². The van der Waals surface area contributed by atoms with Crippen molar-refractivity contribution in [2.75, 3.05) is 26.2 Å². The highest BCUT2D eigenvalue weighted by molar-refractivity contribution is 7.80. The van der Waals surface area contributed by atoms with Crippen LogP contribution in [0.15, 0.2) is 0 Å². The molecule has 0 saturated carbocycles. The maximum absolute atomic E-state index is 12.0. The number of hydrogen-bond acceptors (Lipinski definition) is 2. The number of carbonyl (C=O) groups is 1. The molecule has 4 nitrogen and oxygen atoms in total. The third-order valence-corrected chi connectivity index (χ3v) is 2.75. The second kappa shape index (κ2) is 5.90. The third kappa shape index (κ3) is 3.66. The second-order valence-corrected chi connectivity index (χ2v) is 4.34. The number of likely N-dealkylation sites (tertiary alicyclic amines) is 1. The van der Waals surface area contributed by atoms with E-state index in [9.17, 15) is 4.79 Å². The molecule has 0 unspecified atom stereocenters. The van der Waals surface area contributed by atoms with Gasteiger partial charge in [-0.3, -0.25) is 0 Å². The fourth-order valence-electron chi connectivity index (χ4n) is 1.79. The topological polar surface area (TPSA) is 49.6 Å². The van der Waals surface area contributed by atoms with E-state index in [-0.39, 0.29) is 6.03 Å². The molecule has 1 heterocycles. The van der Waals surface area contributed by atoms with Crippen LogP contribution in [-0.2, 0) is 0 Å². The predicted octanol–water partition coefficient (Wildman–Crippen LogP) is 1.20. The summed E-state index contributed by atoms with van der Waals surface area (Å²) in [7, 11) is 0. The summed E-state index contributed by atoms with van der Waals surface area (Å²) >= 11 is 4.82. The number of urea groups is 1. The third-order valence-electron chi connectivity index (χ3n) is 2.63. The molecule has 2 N–H and O–H groups in total. The van der Waals surface area contributed by atoms with Crippen LogP contribution in [0.5, 0.6) is 0 Å². The van der Waals surface area contributed by atoms with E-state index in [4.69, 9.17) is 18.0 Å².